The molecule has 0 aliphatic heterocycles. The lowest BCUT2D eigenvalue weighted by atomic mass is 10.1. The molecule has 0 aliphatic rings. The maximum Gasteiger partial charge on any atom is 0.343 e. The van der Waals surface area contributed by atoms with Gasteiger partial charge in [-0.2, -0.15) is 0 Å². The smallest absolute Gasteiger partial charge is 0.343 e. The minimum Gasteiger partial charge on any atom is -0.491 e. The van der Waals surface area contributed by atoms with Crippen molar-refractivity contribution in [2.45, 2.75) is 60.2 Å². The highest BCUT2D eigenvalue weighted by atomic mass is 28.4. The average Bonchev–Trinajstić information content (AvgIpc) is 0.716. The average molecular weight is 1600 g/mol. The number of rotatable bonds is 76. The second kappa shape index (κ2) is 65.9. The molecule has 0 amide bonds. The predicted octanol–water partition coefficient (Wildman–Crippen LogP) is 9.26. The van der Waals surface area contributed by atoms with Gasteiger partial charge in [0.1, 0.15) is 91.4 Å². The number of benzene rings is 4. The Bertz CT molecular complexity index is 2750. The van der Waals surface area contributed by atoms with Gasteiger partial charge in [0, 0.05) is 101 Å². The van der Waals surface area contributed by atoms with Crippen LogP contribution in [0.5, 0.6) is 51.7 Å². The molecule has 0 radical (unpaired) electrons. The van der Waals surface area contributed by atoms with Crippen molar-refractivity contribution in [3.05, 3.63) is 89.5 Å². The van der Waals surface area contributed by atoms with E-state index in [1.807, 2.05) is 34.6 Å². The topological polar surface area (TPSA) is 310 Å². The van der Waals surface area contributed by atoms with Crippen molar-refractivity contribution in [3.63, 3.8) is 0 Å². The van der Waals surface area contributed by atoms with Crippen LogP contribution in [0, 0.1) is 0 Å². The number of carbonyl (C=O) groups excluding carboxylic acids is 3. The molecule has 32 heteroatoms. The molecule has 0 atom stereocenters. The summed E-state index contributed by atoms with van der Waals surface area (Å²) in [6.45, 7) is 28.7. The van der Waals surface area contributed by atoms with E-state index in [1.165, 1.54) is 54.6 Å². The van der Waals surface area contributed by atoms with E-state index in [-0.39, 0.29) is 148 Å². The zero-order valence-electron chi connectivity index (χ0n) is 66.7. The van der Waals surface area contributed by atoms with Crippen LogP contribution < -0.4 is 42.6 Å². The van der Waals surface area contributed by atoms with E-state index in [1.54, 1.807) is 25.3 Å². The van der Waals surface area contributed by atoms with Crippen LogP contribution in [0.1, 0.15) is 72.1 Å². The predicted molar refractivity (Wildman–Crippen MR) is 411 cm³/mol. The highest BCUT2D eigenvalue weighted by Gasteiger charge is 2.24. The fourth-order valence-corrected chi connectivity index (χ4v) is 10.5. The van der Waals surface area contributed by atoms with E-state index >= 15 is 0 Å². The fourth-order valence-electron chi connectivity index (χ4n) is 9.27. The highest BCUT2D eigenvalue weighted by Crippen LogP contribution is 2.33. The van der Waals surface area contributed by atoms with Crippen molar-refractivity contribution in [2.24, 2.45) is 0 Å². The molecular weight excluding hydrogens is 1470 g/mol. The Hall–Kier alpha value is -6.45. The van der Waals surface area contributed by atoms with Crippen molar-refractivity contribution in [1.29, 1.82) is 0 Å². The summed E-state index contributed by atoms with van der Waals surface area (Å²) in [6, 6.07) is 18.4. The number of ether oxygens (including phenoxy) is 27. The Morgan fingerprint density at radius 1 is 0.225 bits per heavy atom. The van der Waals surface area contributed by atoms with Gasteiger partial charge in [-0.25, -0.2) is 14.4 Å². The molecule has 0 saturated carbocycles. The van der Waals surface area contributed by atoms with E-state index in [0.29, 0.717) is 198 Å². The summed E-state index contributed by atoms with van der Waals surface area (Å²) < 4.78 is 161. The van der Waals surface area contributed by atoms with E-state index < -0.39 is 26.2 Å². The largest absolute Gasteiger partial charge is 0.491 e. The second-order valence-corrected chi connectivity index (χ2v) is 28.4. The SMILES string of the molecule is CCOCCOCCOCCOc1cc(OCCOCCOCCOCC)cc(OC(=O)c2cc(C(=O)Oc3cc(OCCOCCOCCOCC)cc(OCCOCCOCCOCC)c3)cc(C(=O)Oc3cc(OCCOCCOCCOCC)cc(OCCOCCOCCOCCC[Si](C)(C)OC)c3)c2)c1. The van der Waals surface area contributed by atoms with Crippen molar-refractivity contribution in [1.82, 2.24) is 0 Å². The van der Waals surface area contributed by atoms with E-state index in [4.69, 9.17) is 132 Å². The van der Waals surface area contributed by atoms with Gasteiger partial charge >= 0.3 is 17.9 Å². The van der Waals surface area contributed by atoms with Crippen molar-refractivity contribution < 1.29 is 147 Å². The Morgan fingerprint density at radius 2 is 0.387 bits per heavy atom. The molecule has 111 heavy (non-hydrogen) atoms. The lowest BCUT2D eigenvalue weighted by Gasteiger charge is -2.19. The summed E-state index contributed by atoms with van der Waals surface area (Å²) in [5.41, 5.74) is -0.797. The third-order valence-electron chi connectivity index (χ3n) is 14.9. The molecule has 0 heterocycles. The molecule has 0 aliphatic carbocycles. The van der Waals surface area contributed by atoms with Gasteiger partial charge in [0.2, 0.25) is 0 Å². The monoisotopic (exact) mass is 1600 g/mol. The summed E-state index contributed by atoms with van der Waals surface area (Å²) >= 11 is 0. The van der Waals surface area contributed by atoms with Crippen LogP contribution in [-0.2, 0) is 89.7 Å². The fraction of sp³-hybridized carbons (Fsp3) is 0.658. The van der Waals surface area contributed by atoms with Gasteiger partial charge in [0.05, 0.1) is 215 Å². The van der Waals surface area contributed by atoms with Gasteiger partial charge in [0.25, 0.3) is 0 Å². The summed E-state index contributed by atoms with van der Waals surface area (Å²) in [5.74, 6) is -1.54. The first kappa shape index (κ1) is 96.9. The number of hydrogen-bond donors (Lipinski definition) is 0. The summed E-state index contributed by atoms with van der Waals surface area (Å²) in [6.07, 6.45) is 0.929. The zero-order chi connectivity index (χ0) is 79.6. The molecule has 4 aromatic carbocycles. The van der Waals surface area contributed by atoms with Crippen LogP contribution in [0.2, 0.25) is 19.1 Å². The summed E-state index contributed by atoms with van der Waals surface area (Å²) in [4.78, 5) is 44.2. The first-order valence-corrected chi connectivity index (χ1v) is 41.5. The van der Waals surface area contributed by atoms with Crippen LogP contribution in [0.15, 0.2) is 72.8 Å². The van der Waals surface area contributed by atoms with E-state index in [2.05, 4.69) is 13.1 Å². The molecule has 0 bridgehead atoms. The van der Waals surface area contributed by atoms with Gasteiger partial charge < -0.3 is 132 Å². The van der Waals surface area contributed by atoms with Gasteiger partial charge in [-0.05, 0) is 78.4 Å². The van der Waals surface area contributed by atoms with Gasteiger partial charge in [-0.1, -0.05) is 0 Å². The van der Waals surface area contributed by atoms with Gasteiger partial charge in [-0.3, -0.25) is 0 Å². The summed E-state index contributed by atoms with van der Waals surface area (Å²) in [5, 5.41) is 0. The number of esters is 3. The maximum absolute atomic E-state index is 14.7. The third-order valence-corrected chi connectivity index (χ3v) is 17.6. The Balaban J connectivity index is 1.66. The third kappa shape index (κ3) is 50.4. The van der Waals surface area contributed by atoms with Gasteiger partial charge in [0.15, 0.2) is 8.32 Å². The standard InChI is InChI=1S/C79H124O31Si/c1-9-84-16-21-90-28-34-96-40-46-102-68-56-69(103-47-41-97-35-29-91-22-17-85-10-2)60-74(59-68)108-77(80)65-53-66(78(81)109-75-61-70(104-48-42-98-36-30-92-23-18-86-11-3)57-71(62-75)105-49-43-99-37-31-93-24-19-87-12-4)55-67(54-65)79(82)110-76-63-72(106-50-44-100-38-32-94-25-20-88-13-5)58-73(64-76)107-51-45-101-39-33-95-27-26-89-15-14-52-111(7,8)83-6/h53-64H,9-52H2,1-8H3. The molecule has 4 rings (SSSR count). The van der Waals surface area contributed by atoms with E-state index in [9.17, 15) is 14.4 Å². The molecule has 630 valence electrons. The molecule has 0 N–H and O–H groups in total. The molecule has 4 aromatic rings. The lowest BCUT2D eigenvalue weighted by molar-refractivity contribution is 0.00926. The van der Waals surface area contributed by atoms with Crippen molar-refractivity contribution in [2.75, 3.05) is 285 Å². The molecule has 0 unspecified atom stereocenters. The molecule has 0 fully saturated rings. The number of hydrogen-bond acceptors (Lipinski definition) is 31. The highest BCUT2D eigenvalue weighted by molar-refractivity contribution is 6.71. The summed E-state index contributed by atoms with van der Waals surface area (Å²) in [7, 11) is 0.130. The maximum atomic E-state index is 14.7. The van der Waals surface area contributed by atoms with Gasteiger partial charge in [-0.15, -0.1) is 0 Å². The normalized spacial score (nSPS) is 11.5. The minimum absolute atomic E-state index is 0.0240. The first-order chi connectivity index (χ1) is 54.4. The quantitative estimate of drug-likeness (QED) is 0.0172. The molecule has 0 spiro atoms. The van der Waals surface area contributed by atoms with Crippen molar-refractivity contribution >= 4 is 26.2 Å². The molecule has 0 aromatic heterocycles. The lowest BCUT2D eigenvalue weighted by Crippen LogP contribution is -2.28. The molecular formula is C79H124O31Si. The second-order valence-electron chi connectivity index (χ2n) is 24.0. The zero-order valence-corrected chi connectivity index (χ0v) is 67.7. The number of carbonyl (C=O) groups is 3. The Kier molecular flexibility index (Phi) is 57.5. The van der Waals surface area contributed by atoms with E-state index in [0.717, 1.165) is 12.5 Å². The minimum atomic E-state index is -1.63. The van der Waals surface area contributed by atoms with Crippen LogP contribution in [0.3, 0.4) is 0 Å². The van der Waals surface area contributed by atoms with Crippen molar-refractivity contribution in [3.8, 4) is 51.7 Å². The van der Waals surface area contributed by atoms with Crippen LogP contribution >= 0.6 is 0 Å². The first-order valence-electron chi connectivity index (χ1n) is 38.4. The Labute approximate surface area is 656 Å². The molecule has 31 nitrogen and oxygen atoms in total. The van der Waals surface area contributed by atoms with Crippen LogP contribution in [-0.4, -0.2) is 311 Å². The molecule has 0 saturated heterocycles. The van der Waals surface area contributed by atoms with Crippen LogP contribution in [0.25, 0.3) is 0 Å². The Morgan fingerprint density at radius 3 is 0.568 bits per heavy atom. The van der Waals surface area contributed by atoms with Crippen LogP contribution in [0.4, 0.5) is 0 Å².